The monoisotopic (exact) mass is 363 g/mol. The van der Waals surface area contributed by atoms with E-state index < -0.39 is 0 Å². The van der Waals surface area contributed by atoms with Crippen molar-refractivity contribution in [2.45, 2.75) is 25.2 Å². The van der Waals surface area contributed by atoms with Crippen LogP contribution >= 0.6 is 0 Å². The van der Waals surface area contributed by atoms with Crippen LogP contribution in [-0.4, -0.2) is 37.0 Å². The number of nitrogens with zero attached hydrogens (tertiary/aromatic N) is 3. The minimum atomic E-state index is -0.266. The summed E-state index contributed by atoms with van der Waals surface area (Å²) in [5.74, 6) is -0.305. The Hall–Kier alpha value is -2.71. The molecule has 4 rings (SSSR count). The summed E-state index contributed by atoms with van der Waals surface area (Å²) in [5.41, 5.74) is 3.21. The van der Waals surface area contributed by atoms with E-state index in [0.717, 1.165) is 42.7 Å². The molecule has 1 saturated heterocycles. The van der Waals surface area contributed by atoms with Crippen LogP contribution < -0.4 is 4.90 Å². The highest BCUT2D eigenvalue weighted by atomic mass is 19.1. The molecule has 4 nitrogen and oxygen atoms in total. The van der Waals surface area contributed by atoms with Crippen molar-refractivity contribution in [3.8, 4) is 6.07 Å². The van der Waals surface area contributed by atoms with Crippen LogP contribution in [0.1, 0.15) is 34.3 Å². The van der Waals surface area contributed by atoms with E-state index in [0.29, 0.717) is 18.7 Å². The van der Waals surface area contributed by atoms with E-state index in [1.807, 2.05) is 36.1 Å². The summed E-state index contributed by atoms with van der Waals surface area (Å²) in [6.45, 7) is 4.53. The molecule has 138 valence electrons. The molecule has 2 aromatic carbocycles. The van der Waals surface area contributed by atoms with Crippen LogP contribution in [0.25, 0.3) is 0 Å². The van der Waals surface area contributed by atoms with Gasteiger partial charge in [-0.3, -0.25) is 9.69 Å². The largest absolute Gasteiger partial charge is 0.307 e. The Morgan fingerprint density at radius 3 is 2.70 bits per heavy atom. The molecule has 27 heavy (non-hydrogen) atoms. The van der Waals surface area contributed by atoms with Gasteiger partial charge in [0.1, 0.15) is 5.82 Å². The van der Waals surface area contributed by atoms with Gasteiger partial charge in [0.25, 0.3) is 5.91 Å². The van der Waals surface area contributed by atoms with Crippen LogP contribution in [0.4, 0.5) is 10.1 Å². The van der Waals surface area contributed by atoms with Crippen molar-refractivity contribution in [1.29, 1.82) is 5.26 Å². The van der Waals surface area contributed by atoms with Gasteiger partial charge in [-0.1, -0.05) is 17.7 Å². The van der Waals surface area contributed by atoms with Gasteiger partial charge in [0, 0.05) is 36.3 Å². The number of hydrogen-bond donors (Lipinski definition) is 0. The standard InChI is InChI=1S/C22H22FN3O/c1-16-3-2-4-17(13-16)21(27)26-15-22(7-10-25(11-8-22)12-9-24)19-14-18(23)5-6-20(19)26/h2-6,13-14H,7-8,10-12,15H2,1H3. The molecule has 2 aliphatic heterocycles. The Morgan fingerprint density at radius 1 is 1.22 bits per heavy atom. The molecule has 0 radical (unpaired) electrons. The zero-order chi connectivity index (χ0) is 19.0. The Kier molecular flexibility index (Phi) is 4.45. The first-order valence-electron chi connectivity index (χ1n) is 9.30. The third-order valence-corrected chi connectivity index (χ3v) is 5.90. The molecule has 1 spiro atoms. The van der Waals surface area contributed by atoms with E-state index in [9.17, 15) is 9.18 Å². The second-order valence-electron chi connectivity index (χ2n) is 7.64. The number of benzene rings is 2. The fraction of sp³-hybridized carbons (Fsp3) is 0.364. The van der Waals surface area contributed by atoms with Gasteiger partial charge in [-0.15, -0.1) is 0 Å². The SMILES string of the molecule is Cc1cccc(C(=O)N2CC3(CCN(CC#N)CC3)c3cc(F)ccc32)c1. The van der Waals surface area contributed by atoms with Crippen molar-refractivity contribution in [3.05, 3.63) is 65.0 Å². The maximum Gasteiger partial charge on any atom is 0.258 e. The zero-order valence-electron chi connectivity index (χ0n) is 15.4. The van der Waals surface area contributed by atoms with Gasteiger partial charge < -0.3 is 4.90 Å². The Labute approximate surface area is 158 Å². The van der Waals surface area contributed by atoms with E-state index in [4.69, 9.17) is 5.26 Å². The summed E-state index contributed by atoms with van der Waals surface area (Å²) in [6, 6.07) is 14.5. The summed E-state index contributed by atoms with van der Waals surface area (Å²) in [6.07, 6.45) is 1.64. The molecule has 0 aliphatic carbocycles. The summed E-state index contributed by atoms with van der Waals surface area (Å²) >= 11 is 0. The highest BCUT2D eigenvalue weighted by molar-refractivity contribution is 6.07. The molecule has 1 fully saturated rings. The minimum Gasteiger partial charge on any atom is -0.307 e. The number of anilines is 1. The molecule has 1 amide bonds. The molecule has 2 aromatic rings. The van der Waals surface area contributed by atoms with Crippen molar-refractivity contribution in [1.82, 2.24) is 4.90 Å². The molecular formula is C22H22FN3O. The van der Waals surface area contributed by atoms with E-state index in [1.54, 1.807) is 12.1 Å². The number of carbonyl (C=O) groups is 1. The normalized spacial score (nSPS) is 18.3. The fourth-order valence-corrected chi connectivity index (χ4v) is 4.42. The Bertz CT molecular complexity index is 925. The maximum absolute atomic E-state index is 14.0. The predicted octanol–water partition coefficient (Wildman–Crippen LogP) is 3.65. The first-order valence-corrected chi connectivity index (χ1v) is 9.30. The van der Waals surface area contributed by atoms with Crippen molar-refractivity contribution >= 4 is 11.6 Å². The molecule has 0 N–H and O–H groups in total. The van der Waals surface area contributed by atoms with Gasteiger partial charge in [0.15, 0.2) is 0 Å². The van der Waals surface area contributed by atoms with Crippen LogP contribution in [0, 0.1) is 24.1 Å². The highest BCUT2D eigenvalue weighted by Gasteiger charge is 2.46. The third-order valence-electron chi connectivity index (χ3n) is 5.90. The summed E-state index contributed by atoms with van der Waals surface area (Å²) in [4.78, 5) is 17.1. The zero-order valence-corrected chi connectivity index (χ0v) is 15.4. The molecular weight excluding hydrogens is 341 g/mol. The number of rotatable bonds is 2. The Morgan fingerprint density at radius 2 is 2.00 bits per heavy atom. The number of piperidine rings is 1. The average molecular weight is 363 g/mol. The Balaban J connectivity index is 1.69. The lowest BCUT2D eigenvalue weighted by molar-refractivity contribution is 0.0978. The number of carbonyl (C=O) groups excluding carboxylic acids is 1. The van der Waals surface area contributed by atoms with Gasteiger partial charge in [-0.2, -0.15) is 5.26 Å². The van der Waals surface area contributed by atoms with Gasteiger partial charge in [-0.25, -0.2) is 4.39 Å². The maximum atomic E-state index is 14.0. The number of amides is 1. The highest BCUT2D eigenvalue weighted by Crippen LogP contribution is 2.47. The predicted molar refractivity (Wildman–Crippen MR) is 102 cm³/mol. The second kappa shape index (κ2) is 6.79. The van der Waals surface area contributed by atoms with Crippen LogP contribution in [-0.2, 0) is 5.41 Å². The van der Waals surface area contributed by atoms with Crippen LogP contribution in [0.2, 0.25) is 0 Å². The number of hydrogen-bond acceptors (Lipinski definition) is 3. The van der Waals surface area contributed by atoms with Crippen LogP contribution in [0.5, 0.6) is 0 Å². The number of halogens is 1. The second-order valence-corrected chi connectivity index (χ2v) is 7.64. The van der Waals surface area contributed by atoms with E-state index >= 15 is 0 Å². The van der Waals surface area contributed by atoms with Crippen molar-refractivity contribution < 1.29 is 9.18 Å². The molecule has 0 atom stereocenters. The van der Waals surface area contributed by atoms with Crippen molar-refractivity contribution in [2.75, 3.05) is 31.1 Å². The molecule has 5 heteroatoms. The van der Waals surface area contributed by atoms with Gasteiger partial charge >= 0.3 is 0 Å². The third kappa shape index (κ3) is 3.11. The molecule has 0 saturated carbocycles. The number of nitriles is 1. The van der Waals surface area contributed by atoms with E-state index in [-0.39, 0.29) is 17.1 Å². The first-order chi connectivity index (χ1) is 13.0. The number of aryl methyl sites for hydroxylation is 1. The van der Waals surface area contributed by atoms with Crippen molar-refractivity contribution in [3.63, 3.8) is 0 Å². The first kappa shape index (κ1) is 17.7. The van der Waals surface area contributed by atoms with Crippen molar-refractivity contribution in [2.24, 2.45) is 0 Å². The van der Waals surface area contributed by atoms with Gasteiger partial charge in [0.2, 0.25) is 0 Å². The minimum absolute atomic E-state index is 0.0390. The number of fused-ring (bicyclic) bond motifs is 2. The van der Waals surface area contributed by atoms with Crippen LogP contribution in [0.3, 0.4) is 0 Å². The van der Waals surface area contributed by atoms with Gasteiger partial charge in [-0.05, 0) is 55.7 Å². The quantitative estimate of drug-likeness (QED) is 0.765. The topological polar surface area (TPSA) is 47.3 Å². The lowest BCUT2D eigenvalue weighted by Crippen LogP contribution is -2.46. The summed E-state index contributed by atoms with van der Waals surface area (Å²) in [5, 5.41) is 8.94. The van der Waals surface area contributed by atoms with Crippen LogP contribution in [0.15, 0.2) is 42.5 Å². The van der Waals surface area contributed by atoms with E-state index in [2.05, 4.69) is 11.0 Å². The smallest absolute Gasteiger partial charge is 0.258 e. The summed E-state index contributed by atoms with van der Waals surface area (Å²) in [7, 11) is 0. The molecule has 0 aromatic heterocycles. The summed E-state index contributed by atoms with van der Waals surface area (Å²) < 4.78 is 14.0. The fourth-order valence-electron chi connectivity index (χ4n) is 4.42. The average Bonchev–Trinajstić information content (AvgIpc) is 2.97. The lowest BCUT2D eigenvalue weighted by Gasteiger charge is -2.39. The molecule has 2 aliphatic rings. The molecule has 2 heterocycles. The van der Waals surface area contributed by atoms with E-state index in [1.165, 1.54) is 6.07 Å². The number of likely N-dealkylation sites (tertiary alicyclic amines) is 1. The lowest BCUT2D eigenvalue weighted by atomic mass is 9.74. The van der Waals surface area contributed by atoms with Gasteiger partial charge in [0.05, 0.1) is 12.6 Å². The molecule has 0 bridgehead atoms. The molecule has 0 unspecified atom stereocenters.